The molecule has 0 radical (unpaired) electrons. The van der Waals surface area contributed by atoms with E-state index in [1.54, 1.807) is 42.5 Å². The van der Waals surface area contributed by atoms with Crippen LogP contribution < -0.4 is 24.4 Å². The summed E-state index contributed by atoms with van der Waals surface area (Å²) in [7, 11) is 0. The van der Waals surface area contributed by atoms with Crippen molar-refractivity contribution in [3.05, 3.63) is 88.4 Å². The zero-order valence-electron chi connectivity index (χ0n) is 20.1. The molecule has 1 aliphatic heterocycles. The van der Waals surface area contributed by atoms with Gasteiger partial charge in [-0.3, -0.25) is 14.9 Å². The molecule has 4 rings (SSSR count). The maximum absolute atomic E-state index is 13.1. The number of hydrogen-bond donors (Lipinski definition) is 1. The summed E-state index contributed by atoms with van der Waals surface area (Å²) in [4.78, 5) is 39.0. The SMILES string of the molecule is CCOc1cc(/C=C2/C(=O)NC(=O)N(c3ccc(Br)cc3)C2=O)ccc1OCCCOc1ccccc1. The van der Waals surface area contributed by atoms with Crippen LogP contribution in [-0.2, 0) is 9.59 Å². The molecule has 0 spiro atoms. The summed E-state index contributed by atoms with van der Waals surface area (Å²) in [6.07, 6.45) is 2.09. The molecule has 0 aliphatic carbocycles. The number of hydrogen-bond acceptors (Lipinski definition) is 6. The van der Waals surface area contributed by atoms with Crippen molar-refractivity contribution in [2.75, 3.05) is 24.7 Å². The van der Waals surface area contributed by atoms with Crippen LogP contribution in [0.2, 0.25) is 0 Å². The summed E-state index contributed by atoms with van der Waals surface area (Å²) < 4.78 is 18.1. The summed E-state index contributed by atoms with van der Waals surface area (Å²) in [5, 5.41) is 2.23. The summed E-state index contributed by atoms with van der Waals surface area (Å²) in [5.41, 5.74) is 0.725. The third-order valence-corrected chi connectivity index (χ3v) is 5.85. The minimum absolute atomic E-state index is 0.170. The fourth-order valence-corrected chi connectivity index (χ4v) is 3.86. The zero-order valence-corrected chi connectivity index (χ0v) is 21.7. The Labute approximate surface area is 223 Å². The number of benzene rings is 3. The Morgan fingerprint density at radius 2 is 1.59 bits per heavy atom. The number of ether oxygens (including phenoxy) is 3. The minimum Gasteiger partial charge on any atom is -0.493 e. The quantitative estimate of drug-likeness (QED) is 0.202. The average Bonchev–Trinajstić information content (AvgIpc) is 2.89. The lowest BCUT2D eigenvalue weighted by Crippen LogP contribution is -2.54. The van der Waals surface area contributed by atoms with Gasteiger partial charge in [0.25, 0.3) is 11.8 Å². The van der Waals surface area contributed by atoms with Crippen LogP contribution in [-0.4, -0.2) is 37.7 Å². The number of para-hydroxylation sites is 1. The van der Waals surface area contributed by atoms with Crippen molar-refractivity contribution in [2.24, 2.45) is 0 Å². The molecule has 3 aromatic carbocycles. The van der Waals surface area contributed by atoms with E-state index in [2.05, 4.69) is 21.2 Å². The van der Waals surface area contributed by atoms with Gasteiger partial charge in [0.05, 0.1) is 25.5 Å². The first-order chi connectivity index (χ1) is 18.0. The number of anilines is 1. The number of rotatable bonds is 10. The molecule has 1 N–H and O–H groups in total. The highest BCUT2D eigenvalue weighted by atomic mass is 79.9. The summed E-state index contributed by atoms with van der Waals surface area (Å²) in [6, 6.07) is 20.5. The van der Waals surface area contributed by atoms with E-state index in [1.807, 2.05) is 37.3 Å². The molecule has 37 heavy (non-hydrogen) atoms. The third kappa shape index (κ3) is 6.56. The van der Waals surface area contributed by atoms with Crippen molar-refractivity contribution in [3.8, 4) is 17.2 Å². The molecule has 190 valence electrons. The topological polar surface area (TPSA) is 94.2 Å². The van der Waals surface area contributed by atoms with Gasteiger partial charge in [0.1, 0.15) is 11.3 Å². The molecule has 0 atom stereocenters. The fourth-order valence-electron chi connectivity index (χ4n) is 3.60. The first-order valence-corrected chi connectivity index (χ1v) is 12.5. The monoisotopic (exact) mass is 564 g/mol. The Balaban J connectivity index is 1.47. The number of imide groups is 2. The van der Waals surface area contributed by atoms with Gasteiger partial charge >= 0.3 is 6.03 Å². The van der Waals surface area contributed by atoms with E-state index in [4.69, 9.17) is 14.2 Å². The molecule has 0 unspecified atom stereocenters. The van der Waals surface area contributed by atoms with Gasteiger partial charge in [-0.25, -0.2) is 9.69 Å². The molecular formula is C28H25BrN2O6. The highest BCUT2D eigenvalue weighted by molar-refractivity contribution is 9.10. The standard InChI is InChI=1S/C28H25BrN2O6/c1-2-35-25-18-19(9-14-24(25)37-16-6-15-36-22-7-4-3-5-8-22)17-23-26(32)30-28(34)31(27(23)33)21-12-10-20(29)11-13-21/h3-5,7-14,17-18H,2,6,15-16H2,1H3,(H,30,32,34)/b23-17-. The van der Waals surface area contributed by atoms with Crippen LogP contribution in [0.25, 0.3) is 6.08 Å². The molecule has 9 heteroatoms. The summed E-state index contributed by atoms with van der Waals surface area (Å²) in [5.74, 6) is 0.338. The molecule has 1 saturated heterocycles. The van der Waals surface area contributed by atoms with Crippen molar-refractivity contribution in [1.82, 2.24) is 5.32 Å². The number of amides is 4. The predicted molar refractivity (Wildman–Crippen MR) is 143 cm³/mol. The number of urea groups is 1. The molecule has 1 aliphatic rings. The molecule has 1 fully saturated rings. The second-order valence-corrected chi connectivity index (χ2v) is 8.85. The first-order valence-electron chi connectivity index (χ1n) is 11.7. The van der Waals surface area contributed by atoms with Crippen LogP contribution in [0.3, 0.4) is 0 Å². The van der Waals surface area contributed by atoms with Crippen molar-refractivity contribution >= 4 is 45.5 Å². The number of barbiturate groups is 1. The van der Waals surface area contributed by atoms with E-state index < -0.39 is 17.8 Å². The molecule has 0 aromatic heterocycles. The first kappa shape index (κ1) is 26.0. The van der Waals surface area contributed by atoms with E-state index in [9.17, 15) is 14.4 Å². The van der Waals surface area contributed by atoms with Gasteiger partial charge in [0.15, 0.2) is 11.5 Å². The van der Waals surface area contributed by atoms with Gasteiger partial charge in [-0.1, -0.05) is 40.2 Å². The predicted octanol–water partition coefficient (Wildman–Crippen LogP) is 5.36. The van der Waals surface area contributed by atoms with Crippen molar-refractivity contribution in [1.29, 1.82) is 0 Å². The van der Waals surface area contributed by atoms with Crippen LogP contribution in [0.5, 0.6) is 17.2 Å². The highest BCUT2D eigenvalue weighted by Crippen LogP contribution is 2.30. The normalized spacial score (nSPS) is 14.5. The molecule has 8 nitrogen and oxygen atoms in total. The maximum atomic E-state index is 13.1. The van der Waals surface area contributed by atoms with Gasteiger partial charge in [-0.15, -0.1) is 0 Å². The van der Waals surface area contributed by atoms with E-state index in [0.717, 1.165) is 15.1 Å². The Kier molecular flexibility index (Phi) is 8.58. The number of carbonyl (C=O) groups excluding carboxylic acids is 3. The van der Waals surface area contributed by atoms with Gasteiger partial charge < -0.3 is 14.2 Å². The van der Waals surface area contributed by atoms with Crippen LogP contribution in [0.1, 0.15) is 18.9 Å². The molecule has 1 heterocycles. The zero-order chi connectivity index (χ0) is 26.2. The van der Waals surface area contributed by atoms with Crippen LogP contribution in [0, 0.1) is 0 Å². The Morgan fingerprint density at radius 3 is 2.32 bits per heavy atom. The Hall–Kier alpha value is -4.11. The summed E-state index contributed by atoms with van der Waals surface area (Å²) >= 11 is 3.33. The smallest absolute Gasteiger partial charge is 0.335 e. The van der Waals surface area contributed by atoms with Crippen LogP contribution in [0.4, 0.5) is 10.5 Å². The number of nitrogens with zero attached hydrogens (tertiary/aromatic N) is 1. The van der Waals surface area contributed by atoms with Crippen molar-refractivity contribution < 1.29 is 28.6 Å². The van der Waals surface area contributed by atoms with Gasteiger partial charge in [-0.2, -0.15) is 0 Å². The lowest BCUT2D eigenvalue weighted by molar-refractivity contribution is -0.122. The minimum atomic E-state index is -0.801. The van der Waals surface area contributed by atoms with Crippen LogP contribution in [0.15, 0.2) is 82.8 Å². The molecule has 0 bridgehead atoms. The number of nitrogens with one attached hydrogen (secondary N) is 1. The van der Waals surface area contributed by atoms with Gasteiger partial charge in [-0.05, 0) is 67.1 Å². The largest absolute Gasteiger partial charge is 0.493 e. The van der Waals surface area contributed by atoms with Crippen molar-refractivity contribution in [3.63, 3.8) is 0 Å². The number of halogens is 1. The highest BCUT2D eigenvalue weighted by Gasteiger charge is 2.36. The van der Waals surface area contributed by atoms with E-state index in [0.29, 0.717) is 49.0 Å². The molecule has 3 aromatic rings. The average molecular weight is 565 g/mol. The van der Waals surface area contributed by atoms with Gasteiger partial charge in [0.2, 0.25) is 0 Å². The molecule has 0 saturated carbocycles. The maximum Gasteiger partial charge on any atom is 0.335 e. The number of carbonyl (C=O) groups is 3. The van der Waals surface area contributed by atoms with Crippen LogP contribution >= 0.6 is 15.9 Å². The van der Waals surface area contributed by atoms with Crippen molar-refractivity contribution in [2.45, 2.75) is 13.3 Å². The Morgan fingerprint density at radius 1 is 0.865 bits per heavy atom. The fraction of sp³-hybridized carbons (Fsp3) is 0.179. The van der Waals surface area contributed by atoms with E-state index in [-0.39, 0.29) is 5.57 Å². The Bertz CT molecular complexity index is 1310. The lowest BCUT2D eigenvalue weighted by atomic mass is 10.1. The third-order valence-electron chi connectivity index (χ3n) is 5.32. The molecule has 4 amide bonds. The lowest BCUT2D eigenvalue weighted by Gasteiger charge is -2.26. The second-order valence-electron chi connectivity index (χ2n) is 7.94. The van der Waals surface area contributed by atoms with E-state index >= 15 is 0 Å². The summed E-state index contributed by atoms with van der Waals surface area (Å²) in [6.45, 7) is 3.17. The van der Waals surface area contributed by atoms with Gasteiger partial charge in [0, 0.05) is 10.9 Å². The van der Waals surface area contributed by atoms with E-state index in [1.165, 1.54) is 6.08 Å². The molecular weight excluding hydrogens is 540 g/mol. The second kappa shape index (κ2) is 12.2.